The van der Waals surface area contributed by atoms with Gasteiger partial charge in [-0.1, -0.05) is 6.07 Å². The van der Waals surface area contributed by atoms with Gasteiger partial charge in [0.05, 0.1) is 16.6 Å². The fraction of sp³-hybridized carbons (Fsp3) is 0.364. The van der Waals surface area contributed by atoms with Crippen LogP contribution < -0.4 is 25.0 Å². The van der Waals surface area contributed by atoms with Gasteiger partial charge in [0.15, 0.2) is 16.9 Å². The van der Waals surface area contributed by atoms with Crippen molar-refractivity contribution in [2.45, 2.75) is 65.2 Å². The number of carbonyl (C=O) groups is 3. The van der Waals surface area contributed by atoms with Crippen molar-refractivity contribution in [3.8, 4) is 28.4 Å². The molecule has 0 unspecified atom stereocenters. The van der Waals surface area contributed by atoms with Gasteiger partial charge in [-0.05, 0) is 71.4 Å². The van der Waals surface area contributed by atoms with Crippen LogP contribution in [0.4, 0.5) is 9.59 Å². The number of amides is 1. The molecule has 0 saturated carbocycles. The van der Waals surface area contributed by atoms with Gasteiger partial charge in [-0.3, -0.25) is 4.79 Å². The van der Waals surface area contributed by atoms with Gasteiger partial charge in [0.1, 0.15) is 54.4 Å². The van der Waals surface area contributed by atoms with E-state index < -0.39 is 35.4 Å². The summed E-state index contributed by atoms with van der Waals surface area (Å²) in [6.07, 6.45) is 2.35. The van der Waals surface area contributed by atoms with Crippen molar-refractivity contribution in [3.63, 3.8) is 0 Å². The highest BCUT2D eigenvalue weighted by atomic mass is 16.6. The first-order valence-corrected chi connectivity index (χ1v) is 14.6. The second kappa shape index (κ2) is 12.6. The first-order chi connectivity index (χ1) is 21.6. The molecule has 0 bridgehead atoms. The molecular weight excluding hydrogens is 598 g/mol. The third-order valence-electron chi connectivity index (χ3n) is 6.45. The molecule has 0 saturated heterocycles. The maximum atomic E-state index is 13.4. The molecule has 2 aromatic carbocycles. The number of imidazole rings is 1. The number of benzene rings is 2. The van der Waals surface area contributed by atoms with E-state index >= 15 is 0 Å². The molecular formula is C33H35N3O10. The van der Waals surface area contributed by atoms with E-state index in [0.29, 0.717) is 41.5 Å². The van der Waals surface area contributed by atoms with Gasteiger partial charge in [0, 0.05) is 18.7 Å². The van der Waals surface area contributed by atoms with E-state index in [2.05, 4.69) is 10.3 Å². The average Bonchev–Trinajstić information content (AvgIpc) is 3.44. The van der Waals surface area contributed by atoms with Crippen molar-refractivity contribution < 1.29 is 42.5 Å². The average molecular weight is 634 g/mol. The molecule has 1 amide bonds. The van der Waals surface area contributed by atoms with E-state index in [0.717, 1.165) is 4.57 Å². The monoisotopic (exact) mass is 633 g/mol. The number of nitrogens with zero attached hydrogens (tertiary/aromatic N) is 2. The quantitative estimate of drug-likeness (QED) is 0.218. The van der Waals surface area contributed by atoms with Crippen LogP contribution in [0.25, 0.3) is 22.1 Å². The lowest BCUT2D eigenvalue weighted by Gasteiger charge is -2.22. The Balaban J connectivity index is 1.36. The Morgan fingerprint density at radius 2 is 1.67 bits per heavy atom. The minimum atomic E-state index is -1.25. The molecule has 1 N–H and O–H groups in total. The third-order valence-corrected chi connectivity index (χ3v) is 6.45. The van der Waals surface area contributed by atoms with E-state index in [4.69, 9.17) is 28.1 Å². The number of hydrogen-bond donors (Lipinski definition) is 1. The normalized spacial score (nSPS) is 13.5. The number of fused-ring (bicyclic) bond motifs is 2. The van der Waals surface area contributed by atoms with Crippen molar-refractivity contribution in [3.05, 3.63) is 71.1 Å². The molecule has 4 aromatic rings. The topological polar surface area (TPSA) is 157 Å². The molecule has 2 aromatic heterocycles. The van der Waals surface area contributed by atoms with Gasteiger partial charge in [0.25, 0.3) is 0 Å². The third kappa shape index (κ3) is 7.84. The van der Waals surface area contributed by atoms with Crippen LogP contribution in [-0.2, 0) is 20.7 Å². The van der Waals surface area contributed by atoms with Crippen molar-refractivity contribution in [1.29, 1.82) is 0 Å². The van der Waals surface area contributed by atoms with Crippen LogP contribution in [-0.4, -0.2) is 58.2 Å². The Bertz CT molecular complexity index is 1840. The summed E-state index contributed by atoms with van der Waals surface area (Å²) in [5, 5.41) is 2.79. The Hall–Kier alpha value is -5.33. The Morgan fingerprint density at radius 1 is 0.957 bits per heavy atom. The molecule has 0 fully saturated rings. The molecule has 13 heteroatoms. The van der Waals surface area contributed by atoms with Crippen LogP contribution in [0, 0.1) is 0 Å². The van der Waals surface area contributed by atoms with Gasteiger partial charge >= 0.3 is 18.2 Å². The summed E-state index contributed by atoms with van der Waals surface area (Å²) in [5.41, 5.74) is -0.434. The predicted octanol–water partition coefficient (Wildman–Crippen LogP) is 5.25. The molecule has 1 aliphatic rings. The number of carbonyl (C=O) groups excluding carboxylic acids is 3. The van der Waals surface area contributed by atoms with Crippen LogP contribution in [0.5, 0.6) is 17.2 Å². The second-order valence-electron chi connectivity index (χ2n) is 12.6. The minimum absolute atomic E-state index is 0.0722. The zero-order chi connectivity index (χ0) is 33.2. The number of rotatable bonds is 6. The highest BCUT2D eigenvalue weighted by Gasteiger charge is 2.28. The van der Waals surface area contributed by atoms with Crippen molar-refractivity contribution in [2.75, 3.05) is 13.2 Å². The van der Waals surface area contributed by atoms with E-state index in [1.807, 2.05) is 0 Å². The summed E-state index contributed by atoms with van der Waals surface area (Å²) in [6.45, 7) is 11.1. The summed E-state index contributed by atoms with van der Waals surface area (Å²) in [7, 11) is 0. The lowest BCUT2D eigenvalue weighted by molar-refractivity contribution is -0.136. The first-order valence-electron chi connectivity index (χ1n) is 14.6. The van der Waals surface area contributed by atoms with Crippen LogP contribution >= 0.6 is 0 Å². The van der Waals surface area contributed by atoms with Gasteiger partial charge in [-0.2, -0.15) is 0 Å². The molecule has 5 rings (SSSR count). The molecule has 0 spiro atoms. The van der Waals surface area contributed by atoms with Crippen LogP contribution in [0.15, 0.2) is 64.4 Å². The predicted molar refractivity (Wildman–Crippen MR) is 165 cm³/mol. The fourth-order valence-electron chi connectivity index (χ4n) is 4.51. The first kappa shape index (κ1) is 32.1. The SMILES string of the molecule is CC(C)(C)OC(=O)N[C@H](Cc1cn(C(=O)OC(C)(C)C)cn1)C(=O)Oc1ccc2c(=O)c(-c3ccc4c(c3)OCCO4)coc2c1. The Morgan fingerprint density at radius 3 is 2.39 bits per heavy atom. The molecule has 1 atom stereocenters. The van der Waals surface area contributed by atoms with Gasteiger partial charge in [-0.15, -0.1) is 0 Å². The zero-order valence-electron chi connectivity index (χ0n) is 26.4. The molecule has 13 nitrogen and oxygen atoms in total. The van der Waals surface area contributed by atoms with E-state index in [1.165, 1.54) is 37.0 Å². The van der Waals surface area contributed by atoms with Crippen LogP contribution in [0.2, 0.25) is 0 Å². The second-order valence-corrected chi connectivity index (χ2v) is 12.6. The number of esters is 1. The summed E-state index contributed by atoms with van der Waals surface area (Å²) >= 11 is 0. The molecule has 0 aliphatic carbocycles. The molecule has 1 aliphatic heterocycles. The number of ether oxygens (including phenoxy) is 5. The fourth-order valence-corrected chi connectivity index (χ4v) is 4.51. The highest BCUT2D eigenvalue weighted by Crippen LogP contribution is 2.34. The molecule has 3 heterocycles. The van der Waals surface area contributed by atoms with E-state index in [-0.39, 0.29) is 28.6 Å². The van der Waals surface area contributed by atoms with Crippen molar-refractivity contribution in [2.24, 2.45) is 0 Å². The van der Waals surface area contributed by atoms with Crippen LogP contribution in [0.3, 0.4) is 0 Å². The summed E-state index contributed by atoms with van der Waals surface area (Å²) in [5.74, 6) is 0.370. The summed E-state index contributed by atoms with van der Waals surface area (Å²) < 4.78 is 34.4. The van der Waals surface area contributed by atoms with Crippen LogP contribution in [0.1, 0.15) is 47.2 Å². The van der Waals surface area contributed by atoms with Crippen molar-refractivity contribution >= 4 is 29.1 Å². The molecule has 46 heavy (non-hydrogen) atoms. The zero-order valence-corrected chi connectivity index (χ0v) is 26.4. The summed E-state index contributed by atoms with van der Waals surface area (Å²) in [4.78, 5) is 56.0. The smallest absolute Gasteiger partial charge is 0.419 e. The maximum Gasteiger partial charge on any atom is 0.419 e. The highest BCUT2D eigenvalue weighted by molar-refractivity contribution is 5.86. The lowest BCUT2D eigenvalue weighted by atomic mass is 10.0. The van der Waals surface area contributed by atoms with Gasteiger partial charge in [0.2, 0.25) is 0 Å². The maximum absolute atomic E-state index is 13.4. The molecule has 242 valence electrons. The van der Waals surface area contributed by atoms with Gasteiger partial charge < -0.3 is 33.4 Å². The molecule has 0 radical (unpaired) electrons. The lowest BCUT2D eigenvalue weighted by Crippen LogP contribution is -2.46. The van der Waals surface area contributed by atoms with E-state index in [1.54, 1.807) is 59.7 Å². The summed E-state index contributed by atoms with van der Waals surface area (Å²) in [6, 6.07) is 8.30. The number of alkyl carbamates (subject to hydrolysis) is 1. The number of hydrogen-bond acceptors (Lipinski definition) is 11. The van der Waals surface area contributed by atoms with E-state index in [9.17, 15) is 19.2 Å². The van der Waals surface area contributed by atoms with Gasteiger partial charge in [-0.25, -0.2) is 23.9 Å². The largest absolute Gasteiger partial charge is 0.486 e. The minimum Gasteiger partial charge on any atom is -0.486 e. The number of aromatic nitrogens is 2. The number of nitrogens with one attached hydrogen (secondary N) is 1. The van der Waals surface area contributed by atoms with Crippen molar-refractivity contribution in [1.82, 2.24) is 14.9 Å². The Kier molecular flexibility index (Phi) is 8.77. The Labute approximate surface area is 264 Å². The standard InChI is InChI=1S/C33H35N3O10/c1-32(2,3)45-30(39)35-24(14-20-16-36(18-34-20)31(40)46-33(4,5)6)29(38)44-21-8-9-22-26(15-21)43-17-23(28(22)37)19-7-10-25-27(13-19)42-12-11-41-25/h7-10,13,15-18,24H,11-12,14H2,1-6H3,(H,35,39)/t24-/m1/s1.